The van der Waals surface area contributed by atoms with Crippen molar-refractivity contribution in [2.45, 2.75) is 4.90 Å². The van der Waals surface area contributed by atoms with E-state index in [9.17, 15) is 13.5 Å². The van der Waals surface area contributed by atoms with Gasteiger partial charge < -0.3 is 10.4 Å². The third-order valence-electron chi connectivity index (χ3n) is 1.91. The Morgan fingerprint density at radius 2 is 2.00 bits per heavy atom. The van der Waals surface area contributed by atoms with E-state index in [0.717, 1.165) is 12.3 Å². The first-order valence-corrected chi connectivity index (χ1v) is 6.06. The summed E-state index contributed by atoms with van der Waals surface area (Å²) in [7, 11) is -3.89. The average molecular weight is 264 g/mol. The van der Waals surface area contributed by atoms with Gasteiger partial charge in [-0.1, -0.05) is 0 Å². The predicted octanol–water partition coefficient (Wildman–Crippen LogP) is 0.383. The second kappa shape index (κ2) is 5.19. The average Bonchev–Trinajstić information content (AvgIpc) is 2.30. The van der Waals surface area contributed by atoms with E-state index in [2.05, 4.69) is 5.32 Å². The van der Waals surface area contributed by atoms with Crippen molar-refractivity contribution in [2.24, 2.45) is 5.14 Å². The minimum Gasteiger partial charge on any atom is -0.506 e. The third-order valence-corrected chi connectivity index (χ3v) is 2.82. The topological polar surface area (TPSA) is 140 Å². The number of phenols is 1. The zero-order chi connectivity index (χ0) is 13.8. The smallest absolute Gasteiger partial charge is 0.238 e. The number of anilines is 1. The fourth-order valence-electron chi connectivity index (χ4n) is 1.05. The fourth-order valence-corrected chi connectivity index (χ4v) is 1.58. The van der Waals surface area contributed by atoms with Crippen LogP contribution in [-0.2, 0) is 10.0 Å². The van der Waals surface area contributed by atoms with Gasteiger partial charge in [-0.05, 0) is 12.1 Å². The van der Waals surface area contributed by atoms with Gasteiger partial charge >= 0.3 is 0 Å². The number of sulfonamides is 1. The van der Waals surface area contributed by atoms with Gasteiger partial charge in [0.05, 0.1) is 10.6 Å². The molecule has 0 radical (unpaired) electrons. The fraction of sp³-hybridized carbons (Fsp3) is 0. The molecule has 0 heterocycles. The van der Waals surface area contributed by atoms with Crippen LogP contribution in [0.4, 0.5) is 5.69 Å². The molecule has 4 N–H and O–H groups in total. The number of benzene rings is 1. The number of aromatic hydroxyl groups is 1. The van der Waals surface area contributed by atoms with Crippen LogP contribution < -0.4 is 10.5 Å². The van der Waals surface area contributed by atoms with E-state index in [1.54, 1.807) is 12.1 Å². The maximum Gasteiger partial charge on any atom is 0.238 e. The molecule has 0 saturated carbocycles. The Morgan fingerprint density at radius 3 is 2.44 bits per heavy atom. The molecule has 0 unspecified atom stereocenters. The number of hydrogen-bond donors (Lipinski definition) is 3. The van der Waals surface area contributed by atoms with Crippen LogP contribution in [0.25, 0.3) is 0 Å². The summed E-state index contributed by atoms with van der Waals surface area (Å²) < 4.78 is 22.0. The summed E-state index contributed by atoms with van der Waals surface area (Å²) in [4.78, 5) is -0.240. The summed E-state index contributed by atoms with van der Waals surface area (Å²) in [5.74, 6) is -0.368. The Morgan fingerprint density at radius 1 is 1.39 bits per heavy atom. The van der Waals surface area contributed by atoms with Crippen LogP contribution in [0.5, 0.6) is 5.75 Å². The number of phenolic OH excluding ortho intramolecular Hbond substituents is 1. The Kier molecular flexibility index (Phi) is 3.89. The Hall–Kier alpha value is -2.55. The number of nitrogens with zero attached hydrogens (tertiary/aromatic N) is 2. The molecule has 0 aliphatic carbocycles. The van der Waals surface area contributed by atoms with Crippen LogP contribution in [0.15, 0.2) is 34.9 Å². The van der Waals surface area contributed by atoms with E-state index in [1.807, 2.05) is 0 Å². The Bertz CT molecular complexity index is 664. The Balaban J connectivity index is 3.06. The number of hydrogen-bond acceptors (Lipinski definition) is 6. The number of nitriles is 2. The van der Waals surface area contributed by atoms with Gasteiger partial charge in [-0.2, -0.15) is 10.5 Å². The molecule has 0 fully saturated rings. The van der Waals surface area contributed by atoms with E-state index >= 15 is 0 Å². The number of allylic oxidation sites excluding steroid dienone is 1. The molecule has 0 atom stereocenters. The standard InChI is InChI=1S/C10H8N4O3S/c11-4-7(5-12)6-14-9-2-1-8(3-10(9)15)18(13,16)17/h1-3,6,14-15H,(H2,13,16,17). The van der Waals surface area contributed by atoms with Gasteiger partial charge in [-0.15, -0.1) is 0 Å². The molecule has 1 rings (SSSR count). The molecule has 0 amide bonds. The zero-order valence-electron chi connectivity index (χ0n) is 8.95. The largest absolute Gasteiger partial charge is 0.506 e. The van der Waals surface area contributed by atoms with E-state index in [0.29, 0.717) is 0 Å². The molecular formula is C10H8N4O3S. The SMILES string of the molecule is N#CC(C#N)=CNc1ccc(S(N)(=O)=O)cc1O. The first-order chi connectivity index (χ1) is 8.38. The van der Waals surface area contributed by atoms with Crippen molar-refractivity contribution in [1.82, 2.24) is 0 Å². The monoisotopic (exact) mass is 264 g/mol. The zero-order valence-corrected chi connectivity index (χ0v) is 9.77. The molecule has 1 aromatic rings. The van der Waals surface area contributed by atoms with Crippen molar-refractivity contribution in [1.29, 1.82) is 10.5 Å². The van der Waals surface area contributed by atoms with Gasteiger partial charge in [-0.25, -0.2) is 13.6 Å². The van der Waals surface area contributed by atoms with E-state index in [-0.39, 0.29) is 21.9 Å². The van der Waals surface area contributed by atoms with Crippen molar-refractivity contribution in [2.75, 3.05) is 5.32 Å². The molecular weight excluding hydrogens is 256 g/mol. The van der Waals surface area contributed by atoms with Crippen molar-refractivity contribution < 1.29 is 13.5 Å². The Labute approximate surface area is 103 Å². The van der Waals surface area contributed by atoms with Gasteiger partial charge in [0, 0.05) is 12.3 Å². The van der Waals surface area contributed by atoms with Crippen molar-refractivity contribution in [3.05, 3.63) is 30.0 Å². The van der Waals surface area contributed by atoms with Gasteiger partial charge in [0.2, 0.25) is 10.0 Å². The van der Waals surface area contributed by atoms with E-state index in [4.69, 9.17) is 15.7 Å². The van der Waals surface area contributed by atoms with Crippen LogP contribution in [0.1, 0.15) is 0 Å². The molecule has 7 nitrogen and oxygen atoms in total. The molecule has 1 aromatic carbocycles. The normalized spacial score (nSPS) is 9.94. The summed E-state index contributed by atoms with van der Waals surface area (Å²) in [6.07, 6.45) is 1.09. The predicted molar refractivity (Wildman–Crippen MR) is 62.4 cm³/mol. The summed E-state index contributed by atoms with van der Waals surface area (Å²) in [6.45, 7) is 0. The number of nitrogens with one attached hydrogen (secondary N) is 1. The highest BCUT2D eigenvalue weighted by molar-refractivity contribution is 7.89. The lowest BCUT2D eigenvalue weighted by Gasteiger charge is -2.05. The van der Waals surface area contributed by atoms with Crippen LogP contribution in [0.3, 0.4) is 0 Å². The maximum atomic E-state index is 11.0. The number of primary sulfonamides is 1. The second-order valence-electron chi connectivity index (χ2n) is 3.15. The van der Waals surface area contributed by atoms with Gasteiger partial charge in [0.15, 0.2) is 0 Å². The van der Waals surface area contributed by atoms with Crippen molar-refractivity contribution >= 4 is 15.7 Å². The number of rotatable bonds is 3. The molecule has 18 heavy (non-hydrogen) atoms. The number of nitrogens with two attached hydrogens (primary N) is 1. The molecule has 0 saturated heterocycles. The second-order valence-corrected chi connectivity index (χ2v) is 4.71. The van der Waals surface area contributed by atoms with Crippen LogP contribution in [0.2, 0.25) is 0 Å². The van der Waals surface area contributed by atoms with E-state index in [1.165, 1.54) is 12.1 Å². The molecule has 0 bridgehead atoms. The highest BCUT2D eigenvalue weighted by Gasteiger charge is 2.10. The highest BCUT2D eigenvalue weighted by atomic mass is 32.2. The van der Waals surface area contributed by atoms with Crippen molar-refractivity contribution in [3.63, 3.8) is 0 Å². The van der Waals surface area contributed by atoms with E-state index < -0.39 is 10.0 Å². The van der Waals surface area contributed by atoms with Gasteiger partial charge in [-0.3, -0.25) is 0 Å². The van der Waals surface area contributed by atoms with Gasteiger partial charge in [0.25, 0.3) is 0 Å². The quantitative estimate of drug-likeness (QED) is 0.532. The van der Waals surface area contributed by atoms with Crippen molar-refractivity contribution in [3.8, 4) is 17.9 Å². The molecule has 0 aliphatic heterocycles. The van der Waals surface area contributed by atoms with Gasteiger partial charge in [0.1, 0.15) is 23.5 Å². The highest BCUT2D eigenvalue weighted by Crippen LogP contribution is 2.25. The summed E-state index contributed by atoms with van der Waals surface area (Å²) in [5.41, 5.74) is -0.0460. The summed E-state index contributed by atoms with van der Waals surface area (Å²) in [5, 5.41) is 33.9. The molecule has 0 aliphatic rings. The molecule has 0 spiro atoms. The van der Waals surface area contributed by atoms with Crippen LogP contribution in [0, 0.1) is 22.7 Å². The summed E-state index contributed by atoms with van der Waals surface area (Å²) in [6, 6.07) is 6.64. The first kappa shape index (κ1) is 13.5. The maximum absolute atomic E-state index is 11.0. The minimum atomic E-state index is -3.89. The lowest BCUT2D eigenvalue weighted by Crippen LogP contribution is -2.11. The molecule has 0 aromatic heterocycles. The lowest BCUT2D eigenvalue weighted by molar-refractivity contribution is 0.475. The van der Waals surface area contributed by atoms with Crippen LogP contribution in [-0.4, -0.2) is 13.5 Å². The first-order valence-electron chi connectivity index (χ1n) is 4.51. The lowest BCUT2D eigenvalue weighted by atomic mass is 10.3. The third kappa shape index (κ3) is 3.22. The van der Waals surface area contributed by atoms with Crippen LogP contribution >= 0.6 is 0 Å². The summed E-state index contributed by atoms with van der Waals surface area (Å²) >= 11 is 0. The minimum absolute atomic E-state index is 0.144. The molecule has 92 valence electrons. The molecule has 8 heteroatoms.